The molecule has 0 aromatic carbocycles. The molecule has 0 spiro atoms. The summed E-state index contributed by atoms with van der Waals surface area (Å²) in [5, 5.41) is 28.1. The van der Waals surface area contributed by atoms with Gasteiger partial charge in [-0.2, -0.15) is 0 Å². The molecule has 0 fully saturated rings. The molecule has 0 aliphatic rings. The van der Waals surface area contributed by atoms with Crippen molar-refractivity contribution in [2.45, 2.75) is 0 Å². The summed E-state index contributed by atoms with van der Waals surface area (Å²) in [6.45, 7) is 2.75. The standard InChI is InChI=1S/C15H29N5O7/c21-12-18-3-7-27-8-4-19-13(22)9-16-1-5-20(11-15(25)26)6-2-17-10-14(23)24/h12,16-17H,1-11H2,(H,18,21)(H,19,22)(H,23,24)(H,25,26). The van der Waals surface area contributed by atoms with Crippen LogP contribution in [0.15, 0.2) is 0 Å². The van der Waals surface area contributed by atoms with E-state index in [1.807, 2.05) is 0 Å². The predicted octanol–water partition coefficient (Wildman–Crippen LogP) is -3.48. The van der Waals surface area contributed by atoms with Gasteiger partial charge in [0.2, 0.25) is 12.3 Å². The van der Waals surface area contributed by atoms with Crippen LogP contribution in [-0.2, 0) is 23.9 Å². The van der Waals surface area contributed by atoms with Gasteiger partial charge in [0.05, 0.1) is 32.8 Å². The maximum atomic E-state index is 11.6. The quantitative estimate of drug-likeness (QED) is 0.0960. The zero-order valence-electron chi connectivity index (χ0n) is 15.2. The van der Waals surface area contributed by atoms with Crippen molar-refractivity contribution in [2.75, 3.05) is 72.1 Å². The van der Waals surface area contributed by atoms with E-state index in [9.17, 15) is 19.2 Å². The van der Waals surface area contributed by atoms with Crippen LogP contribution in [-0.4, -0.2) is 111 Å². The minimum atomic E-state index is -0.977. The highest BCUT2D eigenvalue weighted by atomic mass is 16.5. The molecule has 0 saturated carbocycles. The topological polar surface area (TPSA) is 169 Å². The lowest BCUT2D eigenvalue weighted by atomic mass is 10.4. The Kier molecular flexibility index (Phi) is 15.7. The molecule has 0 radical (unpaired) electrons. The van der Waals surface area contributed by atoms with Gasteiger partial charge in [0.15, 0.2) is 0 Å². The number of hydrogen-bond donors (Lipinski definition) is 6. The predicted molar refractivity (Wildman–Crippen MR) is 95.3 cm³/mol. The van der Waals surface area contributed by atoms with E-state index in [0.717, 1.165) is 0 Å². The Balaban J connectivity index is 3.75. The largest absolute Gasteiger partial charge is 0.480 e. The zero-order valence-corrected chi connectivity index (χ0v) is 15.2. The number of hydrogen-bond acceptors (Lipinski definition) is 8. The van der Waals surface area contributed by atoms with Crippen LogP contribution in [0, 0.1) is 0 Å². The van der Waals surface area contributed by atoms with Crippen molar-refractivity contribution < 1.29 is 34.1 Å². The van der Waals surface area contributed by atoms with Crippen LogP contribution in [0.2, 0.25) is 0 Å². The normalized spacial score (nSPS) is 10.6. The number of rotatable bonds is 19. The van der Waals surface area contributed by atoms with Gasteiger partial charge in [-0.3, -0.25) is 24.1 Å². The number of carboxylic acid groups (broad SMARTS) is 2. The number of carbonyl (C=O) groups excluding carboxylic acids is 2. The SMILES string of the molecule is O=CNCCOCCNC(=O)CNCCN(CCNCC(=O)O)CC(=O)O. The first kappa shape index (κ1) is 24.7. The van der Waals surface area contributed by atoms with Crippen molar-refractivity contribution in [3.8, 4) is 0 Å². The average Bonchev–Trinajstić information content (AvgIpc) is 2.60. The lowest BCUT2D eigenvalue weighted by Crippen LogP contribution is -2.42. The van der Waals surface area contributed by atoms with E-state index >= 15 is 0 Å². The Morgan fingerprint density at radius 1 is 0.889 bits per heavy atom. The highest BCUT2D eigenvalue weighted by Crippen LogP contribution is 1.86. The molecule has 27 heavy (non-hydrogen) atoms. The molecule has 12 nitrogen and oxygen atoms in total. The molecule has 0 aliphatic heterocycles. The van der Waals surface area contributed by atoms with Gasteiger partial charge in [0.1, 0.15) is 0 Å². The third-order valence-electron chi connectivity index (χ3n) is 3.17. The minimum absolute atomic E-state index is 0.0882. The van der Waals surface area contributed by atoms with Gasteiger partial charge in [-0.15, -0.1) is 0 Å². The Morgan fingerprint density at radius 3 is 2.11 bits per heavy atom. The Labute approximate surface area is 157 Å². The molecule has 0 bridgehead atoms. The number of carbonyl (C=O) groups is 4. The summed E-state index contributed by atoms with van der Waals surface area (Å²) < 4.78 is 5.18. The van der Waals surface area contributed by atoms with Gasteiger partial charge in [-0.1, -0.05) is 0 Å². The lowest BCUT2D eigenvalue weighted by molar-refractivity contribution is -0.139. The van der Waals surface area contributed by atoms with Crippen LogP contribution in [0.1, 0.15) is 0 Å². The molecule has 12 heteroatoms. The fourth-order valence-electron chi connectivity index (χ4n) is 1.95. The average molecular weight is 391 g/mol. The Hall–Kier alpha value is -2.28. The maximum Gasteiger partial charge on any atom is 0.317 e. The van der Waals surface area contributed by atoms with Crippen LogP contribution >= 0.6 is 0 Å². The summed E-state index contributed by atoms with van der Waals surface area (Å²) >= 11 is 0. The number of amides is 2. The van der Waals surface area contributed by atoms with Crippen LogP contribution < -0.4 is 21.3 Å². The maximum absolute atomic E-state index is 11.6. The molecular formula is C15H29N5O7. The summed E-state index contributed by atoms with van der Waals surface area (Å²) in [5.41, 5.74) is 0. The van der Waals surface area contributed by atoms with E-state index in [1.54, 1.807) is 4.90 Å². The molecule has 6 N–H and O–H groups in total. The molecule has 0 aromatic rings. The number of nitrogens with zero attached hydrogens (tertiary/aromatic N) is 1. The van der Waals surface area contributed by atoms with E-state index in [0.29, 0.717) is 58.9 Å². The van der Waals surface area contributed by atoms with Crippen molar-refractivity contribution in [1.29, 1.82) is 0 Å². The fourth-order valence-corrected chi connectivity index (χ4v) is 1.95. The summed E-state index contributed by atoms with van der Waals surface area (Å²) in [6.07, 6.45) is 0.584. The van der Waals surface area contributed by atoms with Crippen molar-refractivity contribution >= 4 is 24.3 Å². The third kappa shape index (κ3) is 18.3. The van der Waals surface area contributed by atoms with Gasteiger partial charge in [-0.25, -0.2) is 0 Å². The van der Waals surface area contributed by atoms with E-state index < -0.39 is 11.9 Å². The molecule has 0 saturated heterocycles. The summed E-state index contributed by atoms with van der Waals surface area (Å²) in [5.74, 6) is -2.16. The van der Waals surface area contributed by atoms with Crippen molar-refractivity contribution in [3.63, 3.8) is 0 Å². The van der Waals surface area contributed by atoms with Crippen molar-refractivity contribution in [1.82, 2.24) is 26.2 Å². The first-order valence-electron chi connectivity index (χ1n) is 8.54. The van der Waals surface area contributed by atoms with E-state index in [-0.39, 0.29) is 25.5 Å². The summed E-state index contributed by atoms with van der Waals surface area (Å²) in [6, 6.07) is 0. The molecule has 0 heterocycles. The van der Waals surface area contributed by atoms with Gasteiger partial charge in [0.25, 0.3) is 0 Å². The molecule has 0 rings (SSSR count). The Morgan fingerprint density at radius 2 is 1.52 bits per heavy atom. The molecule has 0 aromatic heterocycles. The van der Waals surface area contributed by atoms with Gasteiger partial charge in [-0.05, 0) is 0 Å². The number of aliphatic carboxylic acids is 2. The van der Waals surface area contributed by atoms with E-state index in [4.69, 9.17) is 14.9 Å². The van der Waals surface area contributed by atoms with Crippen LogP contribution in [0.5, 0.6) is 0 Å². The second-order valence-corrected chi connectivity index (χ2v) is 5.45. The third-order valence-corrected chi connectivity index (χ3v) is 3.17. The van der Waals surface area contributed by atoms with Gasteiger partial charge >= 0.3 is 11.9 Å². The first-order valence-corrected chi connectivity index (χ1v) is 8.54. The minimum Gasteiger partial charge on any atom is -0.480 e. The molecule has 0 atom stereocenters. The fraction of sp³-hybridized carbons (Fsp3) is 0.733. The van der Waals surface area contributed by atoms with Crippen LogP contribution in [0.4, 0.5) is 0 Å². The highest BCUT2D eigenvalue weighted by molar-refractivity contribution is 5.77. The second-order valence-electron chi connectivity index (χ2n) is 5.45. The molecular weight excluding hydrogens is 362 g/mol. The van der Waals surface area contributed by atoms with Gasteiger partial charge < -0.3 is 36.2 Å². The monoisotopic (exact) mass is 391 g/mol. The van der Waals surface area contributed by atoms with E-state index in [1.165, 1.54) is 0 Å². The number of nitrogens with one attached hydrogen (secondary N) is 4. The smallest absolute Gasteiger partial charge is 0.317 e. The van der Waals surface area contributed by atoms with Gasteiger partial charge in [0, 0.05) is 39.3 Å². The Bertz CT molecular complexity index is 450. The number of ether oxygens (including phenoxy) is 1. The van der Waals surface area contributed by atoms with Crippen LogP contribution in [0.3, 0.4) is 0 Å². The van der Waals surface area contributed by atoms with Crippen molar-refractivity contribution in [3.05, 3.63) is 0 Å². The van der Waals surface area contributed by atoms with E-state index in [2.05, 4.69) is 21.3 Å². The molecule has 2 amide bonds. The summed E-state index contributed by atoms with van der Waals surface area (Å²) in [4.78, 5) is 44.5. The molecule has 156 valence electrons. The lowest BCUT2D eigenvalue weighted by Gasteiger charge is -2.20. The molecule has 0 aliphatic carbocycles. The number of carboxylic acids is 2. The first-order chi connectivity index (χ1) is 13.0. The zero-order chi connectivity index (χ0) is 20.3. The summed E-state index contributed by atoms with van der Waals surface area (Å²) in [7, 11) is 0. The van der Waals surface area contributed by atoms with Crippen molar-refractivity contribution in [2.24, 2.45) is 0 Å². The highest BCUT2D eigenvalue weighted by Gasteiger charge is 2.09. The molecule has 0 unspecified atom stereocenters. The second kappa shape index (κ2) is 17.1. The van der Waals surface area contributed by atoms with Crippen LogP contribution in [0.25, 0.3) is 0 Å².